The highest BCUT2D eigenvalue weighted by atomic mass is 32.1. The number of nitrogens with zero attached hydrogens (tertiary/aromatic N) is 1. The molecule has 0 bridgehead atoms. The highest BCUT2D eigenvalue weighted by Gasteiger charge is 2.12. The average Bonchev–Trinajstić information content (AvgIpc) is 2.75. The Labute approximate surface area is 121 Å². The topological polar surface area (TPSA) is 110 Å². The number of aliphatic hydroxyl groups is 1. The van der Waals surface area contributed by atoms with Crippen molar-refractivity contribution in [3.05, 3.63) is 21.9 Å². The number of carbonyl (C=O) groups is 2. The zero-order valence-electron chi connectivity index (χ0n) is 11.0. The van der Waals surface area contributed by atoms with E-state index in [2.05, 4.69) is 11.8 Å². The van der Waals surface area contributed by atoms with Crippen molar-refractivity contribution in [1.29, 1.82) is 0 Å². The molecule has 0 aliphatic rings. The van der Waals surface area contributed by atoms with Crippen LogP contribution in [0, 0.1) is 11.8 Å². The lowest BCUT2D eigenvalue weighted by atomic mass is 10.3. The number of nitrogens with two attached hydrogens (primary N) is 2. The van der Waals surface area contributed by atoms with Crippen molar-refractivity contribution in [1.82, 2.24) is 4.90 Å². The van der Waals surface area contributed by atoms with Gasteiger partial charge in [-0.1, -0.05) is 11.8 Å². The number of carbonyl (C=O) groups excluding carboxylic acids is 2. The van der Waals surface area contributed by atoms with Crippen LogP contribution in [0.2, 0.25) is 0 Å². The van der Waals surface area contributed by atoms with Gasteiger partial charge in [-0.05, 0) is 6.07 Å². The van der Waals surface area contributed by atoms with Gasteiger partial charge in [0.1, 0.15) is 0 Å². The molecule has 1 aromatic rings. The van der Waals surface area contributed by atoms with Crippen molar-refractivity contribution in [2.75, 3.05) is 19.7 Å². The normalized spacial score (nSPS) is 10.1. The molecule has 2 amide bonds. The third-order valence-electron chi connectivity index (χ3n) is 2.26. The first-order valence-electron chi connectivity index (χ1n) is 5.97. The van der Waals surface area contributed by atoms with E-state index in [1.807, 2.05) is 11.4 Å². The first-order chi connectivity index (χ1) is 9.51. The third kappa shape index (κ3) is 6.33. The molecule has 0 spiro atoms. The van der Waals surface area contributed by atoms with Crippen molar-refractivity contribution in [3.63, 3.8) is 0 Å². The molecule has 1 heterocycles. The van der Waals surface area contributed by atoms with Crippen LogP contribution in [0.5, 0.6) is 0 Å². The molecule has 1 rings (SSSR count). The van der Waals surface area contributed by atoms with Crippen LogP contribution in [0.3, 0.4) is 0 Å². The second-order valence-electron chi connectivity index (χ2n) is 4.15. The van der Waals surface area contributed by atoms with E-state index >= 15 is 0 Å². The molecule has 0 aromatic carbocycles. The Bertz CT molecular complexity index is 514. The summed E-state index contributed by atoms with van der Waals surface area (Å²) in [6.07, 6.45) is 0.431. The second kappa shape index (κ2) is 8.32. The Morgan fingerprint density at radius 1 is 1.30 bits per heavy atom. The molecule has 108 valence electrons. The van der Waals surface area contributed by atoms with Crippen LogP contribution in [-0.4, -0.2) is 41.5 Å². The fourth-order valence-corrected chi connectivity index (χ4v) is 2.44. The molecule has 0 aliphatic heterocycles. The maximum Gasteiger partial charge on any atom is 0.231 e. The van der Waals surface area contributed by atoms with Crippen LogP contribution < -0.4 is 11.5 Å². The number of amides is 2. The van der Waals surface area contributed by atoms with Gasteiger partial charge in [-0.3, -0.25) is 14.5 Å². The summed E-state index contributed by atoms with van der Waals surface area (Å²) >= 11 is 1.48. The lowest BCUT2D eigenvalue weighted by Gasteiger charge is -2.17. The van der Waals surface area contributed by atoms with Gasteiger partial charge in [0.2, 0.25) is 11.8 Å². The molecule has 20 heavy (non-hydrogen) atoms. The number of primary amides is 2. The van der Waals surface area contributed by atoms with Crippen LogP contribution >= 0.6 is 11.3 Å². The van der Waals surface area contributed by atoms with Crippen LogP contribution in [-0.2, 0) is 16.1 Å². The van der Waals surface area contributed by atoms with Crippen LogP contribution in [0.25, 0.3) is 0 Å². The Hall–Kier alpha value is -1.88. The van der Waals surface area contributed by atoms with Gasteiger partial charge in [0, 0.05) is 28.8 Å². The van der Waals surface area contributed by atoms with E-state index in [0.29, 0.717) is 13.0 Å². The summed E-state index contributed by atoms with van der Waals surface area (Å²) in [4.78, 5) is 24.4. The quantitative estimate of drug-likeness (QED) is 0.575. The van der Waals surface area contributed by atoms with Crippen molar-refractivity contribution in [2.24, 2.45) is 11.5 Å². The van der Waals surface area contributed by atoms with E-state index in [4.69, 9.17) is 16.6 Å². The van der Waals surface area contributed by atoms with E-state index in [0.717, 1.165) is 10.4 Å². The molecule has 0 saturated heterocycles. The van der Waals surface area contributed by atoms with E-state index in [1.54, 1.807) is 4.90 Å². The van der Waals surface area contributed by atoms with Gasteiger partial charge in [0.25, 0.3) is 0 Å². The first kappa shape index (κ1) is 16.2. The van der Waals surface area contributed by atoms with Crippen LogP contribution in [0.4, 0.5) is 0 Å². The lowest BCUT2D eigenvalue weighted by Crippen LogP contribution is -2.38. The summed E-state index contributed by atoms with van der Waals surface area (Å²) in [5.74, 6) is 4.73. The minimum absolute atomic E-state index is 0.0215. The summed E-state index contributed by atoms with van der Waals surface area (Å²) in [6.45, 7) is 0.409. The molecule has 0 aliphatic carbocycles. The maximum absolute atomic E-state index is 10.9. The van der Waals surface area contributed by atoms with Crippen molar-refractivity contribution >= 4 is 23.2 Å². The van der Waals surface area contributed by atoms with Gasteiger partial charge in [0.05, 0.1) is 19.7 Å². The summed E-state index contributed by atoms with van der Waals surface area (Å²) in [5.41, 5.74) is 11.1. The fourth-order valence-electron chi connectivity index (χ4n) is 1.58. The molecule has 7 heteroatoms. The minimum Gasteiger partial charge on any atom is -0.395 e. The standard InChI is InChI=1S/C13H17N3O3S/c14-12(18)7-16(8-13(15)19)6-11-5-10(9-20-11)3-1-2-4-17/h5,9,17H,2,4,6-8H2,(H2,14,18)(H2,15,19). The van der Waals surface area contributed by atoms with Gasteiger partial charge in [0.15, 0.2) is 0 Å². The summed E-state index contributed by atoms with van der Waals surface area (Å²) in [5, 5.41) is 10.5. The van der Waals surface area contributed by atoms with E-state index < -0.39 is 11.8 Å². The average molecular weight is 295 g/mol. The predicted molar refractivity (Wildman–Crippen MR) is 76.6 cm³/mol. The fraction of sp³-hybridized carbons (Fsp3) is 0.385. The highest BCUT2D eigenvalue weighted by molar-refractivity contribution is 7.10. The monoisotopic (exact) mass is 295 g/mol. The molecule has 0 radical (unpaired) electrons. The third-order valence-corrected chi connectivity index (χ3v) is 3.18. The van der Waals surface area contributed by atoms with Crippen molar-refractivity contribution in [2.45, 2.75) is 13.0 Å². The van der Waals surface area contributed by atoms with Gasteiger partial charge >= 0.3 is 0 Å². The largest absolute Gasteiger partial charge is 0.395 e. The summed E-state index contributed by atoms with van der Waals surface area (Å²) < 4.78 is 0. The molecule has 0 saturated carbocycles. The zero-order valence-corrected chi connectivity index (χ0v) is 11.8. The molecule has 0 unspecified atom stereocenters. The summed E-state index contributed by atoms with van der Waals surface area (Å²) in [6, 6.07) is 1.88. The van der Waals surface area contributed by atoms with Crippen LogP contribution in [0.1, 0.15) is 16.9 Å². The predicted octanol–water partition coefficient (Wildman–Crippen LogP) is -0.745. The smallest absolute Gasteiger partial charge is 0.231 e. The van der Waals surface area contributed by atoms with Gasteiger partial charge < -0.3 is 16.6 Å². The van der Waals surface area contributed by atoms with Gasteiger partial charge in [-0.2, -0.15) is 0 Å². The molecule has 0 fully saturated rings. The highest BCUT2D eigenvalue weighted by Crippen LogP contribution is 2.16. The first-order valence-corrected chi connectivity index (χ1v) is 6.85. The number of rotatable bonds is 7. The molecule has 6 nitrogen and oxygen atoms in total. The molecule has 5 N–H and O–H groups in total. The Morgan fingerprint density at radius 3 is 2.50 bits per heavy atom. The number of hydrogen-bond donors (Lipinski definition) is 3. The number of hydrogen-bond acceptors (Lipinski definition) is 5. The maximum atomic E-state index is 10.9. The Morgan fingerprint density at radius 2 is 1.95 bits per heavy atom. The molecular formula is C13H17N3O3S. The SMILES string of the molecule is NC(=O)CN(CC(N)=O)Cc1cc(C#CCCO)cs1. The molecule has 0 atom stereocenters. The minimum atomic E-state index is -0.509. The summed E-state index contributed by atoms with van der Waals surface area (Å²) in [7, 11) is 0. The number of thiophene rings is 1. The van der Waals surface area contributed by atoms with Gasteiger partial charge in [-0.15, -0.1) is 11.3 Å². The lowest BCUT2D eigenvalue weighted by molar-refractivity contribution is -0.122. The number of aliphatic hydroxyl groups excluding tert-OH is 1. The van der Waals surface area contributed by atoms with Crippen molar-refractivity contribution < 1.29 is 14.7 Å². The Balaban J connectivity index is 2.66. The second-order valence-corrected chi connectivity index (χ2v) is 5.15. The van der Waals surface area contributed by atoms with E-state index in [1.165, 1.54) is 11.3 Å². The van der Waals surface area contributed by atoms with Crippen LogP contribution in [0.15, 0.2) is 11.4 Å². The Kier molecular flexibility index (Phi) is 6.73. The van der Waals surface area contributed by atoms with Gasteiger partial charge in [-0.25, -0.2) is 0 Å². The molecular weight excluding hydrogens is 278 g/mol. The van der Waals surface area contributed by atoms with E-state index in [9.17, 15) is 9.59 Å². The zero-order chi connectivity index (χ0) is 15.0. The molecule has 1 aromatic heterocycles. The van der Waals surface area contributed by atoms with E-state index in [-0.39, 0.29) is 19.7 Å². The van der Waals surface area contributed by atoms with Crippen molar-refractivity contribution in [3.8, 4) is 11.8 Å².